The zero-order valence-corrected chi connectivity index (χ0v) is 15.6. The summed E-state index contributed by atoms with van der Waals surface area (Å²) in [6.07, 6.45) is 3.19. The maximum atomic E-state index is 12.5. The normalized spacial score (nSPS) is 19.9. The quantitative estimate of drug-likeness (QED) is 0.823. The van der Waals surface area contributed by atoms with Gasteiger partial charge in [0.25, 0.3) is 0 Å². The van der Waals surface area contributed by atoms with Gasteiger partial charge in [-0.1, -0.05) is 30.3 Å². The van der Waals surface area contributed by atoms with Crippen LogP contribution in [0.5, 0.6) is 5.88 Å². The monoisotopic (exact) mass is 354 g/mol. The van der Waals surface area contributed by atoms with Gasteiger partial charge in [-0.05, 0) is 50.8 Å². The highest BCUT2D eigenvalue weighted by atomic mass is 16.6. The molecule has 1 saturated heterocycles. The second-order valence-electron chi connectivity index (χ2n) is 6.92. The summed E-state index contributed by atoms with van der Waals surface area (Å²) in [6.45, 7) is 6.90. The van der Waals surface area contributed by atoms with E-state index < -0.39 is 0 Å². The molecular formula is C21H26N2O3. The van der Waals surface area contributed by atoms with Crippen molar-refractivity contribution in [3.63, 3.8) is 0 Å². The molecular weight excluding hydrogens is 328 g/mol. The Labute approximate surface area is 155 Å². The van der Waals surface area contributed by atoms with Gasteiger partial charge in [0.1, 0.15) is 12.7 Å². The van der Waals surface area contributed by atoms with Crippen molar-refractivity contribution in [1.82, 2.24) is 9.88 Å². The second kappa shape index (κ2) is 8.21. The van der Waals surface area contributed by atoms with Crippen molar-refractivity contribution in [1.29, 1.82) is 0 Å². The Bertz CT molecular complexity index is 748. The summed E-state index contributed by atoms with van der Waals surface area (Å²) in [4.78, 5) is 18.6. The van der Waals surface area contributed by atoms with Crippen molar-refractivity contribution in [2.45, 2.75) is 52.4 Å². The Morgan fingerprint density at radius 1 is 1.19 bits per heavy atom. The molecule has 0 radical (unpaired) electrons. The Balaban J connectivity index is 1.60. The van der Waals surface area contributed by atoms with Gasteiger partial charge in [0.15, 0.2) is 0 Å². The molecule has 26 heavy (non-hydrogen) atoms. The fourth-order valence-electron chi connectivity index (χ4n) is 3.11. The number of carbonyl (C=O) groups excluding carboxylic acids is 1. The molecule has 2 aromatic rings. The van der Waals surface area contributed by atoms with Gasteiger partial charge < -0.3 is 14.4 Å². The minimum absolute atomic E-state index is 0.0662. The molecule has 5 nitrogen and oxygen atoms in total. The highest BCUT2D eigenvalue weighted by molar-refractivity contribution is 5.68. The molecule has 1 amide bonds. The molecule has 5 heteroatoms. The maximum Gasteiger partial charge on any atom is 0.410 e. The summed E-state index contributed by atoms with van der Waals surface area (Å²) >= 11 is 0. The van der Waals surface area contributed by atoms with E-state index in [0.717, 1.165) is 29.5 Å². The summed E-state index contributed by atoms with van der Waals surface area (Å²) in [6, 6.07) is 11.8. The Hall–Kier alpha value is -2.56. The number of ether oxygens (including phenoxy) is 2. The van der Waals surface area contributed by atoms with Crippen molar-refractivity contribution in [2.75, 3.05) is 6.54 Å². The van der Waals surface area contributed by atoms with Gasteiger partial charge in [-0.25, -0.2) is 9.78 Å². The Morgan fingerprint density at radius 3 is 2.73 bits per heavy atom. The number of benzene rings is 1. The molecule has 0 saturated carbocycles. The van der Waals surface area contributed by atoms with E-state index in [1.54, 1.807) is 11.1 Å². The van der Waals surface area contributed by atoms with E-state index >= 15 is 0 Å². The largest absolute Gasteiger partial charge is 0.472 e. The average molecular weight is 354 g/mol. The molecule has 0 N–H and O–H groups in total. The number of carbonyl (C=O) groups is 1. The number of nitrogens with zero attached hydrogens (tertiary/aromatic N) is 2. The first-order valence-electron chi connectivity index (χ1n) is 9.10. The van der Waals surface area contributed by atoms with E-state index in [2.05, 4.69) is 11.9 Å². The zero-order chi connectivity index (χ0) is 18.5. The number of rotatable bonds is 4. The number of piperidine rings is 1. The van der Waals surface area contributed by atoms with Crippen LogP contribution in [0.3, 0.4) is 0 Å². The van der Waals surface area contributed by atoms with Crippen molar-refractivity contribution in [3.05, 3.63) is 59.3 Å². The lowest BCUT2D eigenvalue weighted by atomic mass is 10.0. The predicted molar refractivity (Wildman–Crippen MR) is 100 cm³/mol. The summed E-state index contributed by atoms with van der Waals surface area (Å²) in [7, 11) is 0. The molecule has 1 fully saturated rings. The molecule has 2 heterocycles. The van der Waals surface area contributed by atoms with Crippen LogP contribution >= 0.6 is 0 Å². The van der Waals surface area contributed by atoms with Crippen LogP contribution in [0.15, 0.2) is 42.6 Å². The fraction of sp³-hybridized carbons (Fsp3) is 0.429. The van der Waals surface area contributed by atoms with Crippen LogP contribution in [-0.2, 0) is 11.3 Å². The third-order valence-corrected chi connectivity index (χ3v) is 4.99. The van der Waals surface area contributed by atoms with Crippen molar-refractivity contribution >= 4 is 6.09 Å². The zero-order valence-electron chi connectivity index (χ0n) is 15.6. The van der Waals surface area contributed by atoms with Crippen LogP contribution in [0.2, 0.25) is 0 Å². The molecule has 1 aliphatic rings. The Kier molecular flexibility index (Phi) is 5.76. The van der Waals surface area contributed by atoms with Crippen molar-refractivity contribution in [2.24, 2.45) is 0 Å². The van der Waals surface area contributed by atoms with Crippen molar-refractivity contribution < 1.29 is 14.3 Å². The molecule has 2 atom stereocenters. The highest BCUT2D eigenvalue weighted by Crippen LogP contribution is 2.24. The topological polar surface area (TPSA) is 51.7 Å². The molecule has 0 spiro atoms. The smallest absolute Gasteiger partial charge is 0.410 e. The lowest BCUT2D eigenvalue weighted by Crippen LogP contribution is -2.49. The number of hydrogen-bond acceptors (Lipinski definition) is 4. The number of pyridine rings is 1. The van der Waals surface area contributed by atoms with Gasteiger partial charge in [0.05, 0.1) is 6.54 Å². The fourth-order valence-corrected chi connectivity index (χ4v) is 3.11. The first-order valence-corrected chi connectivity index (χ1v) is 9.10. The average Bonchev–Trinajstić information content (AvgIpc) is 2.66. The van der Waals surface area contributed by atoms with E-state index in [-0.39, 0.29) is 24.8 Å². The minimum Gasteiger partial charge on any atom is -0.472 e. The lowest BCUT2D eigenvalue weighted by molar-refractivity contribution is 0.0322. The van der Waals surface area contributed by atoms with Gasteiger partial charge in [0, 0.05) is 17.8 Å². The summed E-state index contributed by atoms with van der Waals surface area (Å²) in [5.41, 5.74) is 3.18. The predicted octanol–water partition coefficient (Wildman–Crippen LogP) is 4.27. The molecule has 0 aliphatic carbocycles. The van der Waals surface area contributed by atoms with E-state index in [9.17, 15) is 4.79 Å². The van der Waals surface area contributed by atoms with Gasteiger partial charge in [0.2, 0.25) is 5.88 Å². The summed E-state index contributed by atoms with van der Waals surface area (Å²) < 4.78 is 11.6. The van der Waals surface area contributed by atoms with Crippen LogP contribution < -0.4 is 4.74 Å². The SMILES string of the molecule is Cc1ccnc(OC2CCC(C)N(C(=O)OCc3ccccc3)C2)c1C. The number of likely N-dealkylation sites (tertiary alicyclic amines) is 1. The third kappa shape index (κ3) is 4.34. The van der Waals surface area contributed by atoms with E-state index in [1.165, 1.54) is 0 Å². The second-order valence-corrected chi connectivity index (χ2v) is 6.92. The van der Waals surface area contributed by atoms with Crippen LogP contribution in [0.1, 0.15) is 36.5 Å². The van der Waals surface area contributed by atoms with Crippen LogP contribution in [0, 0.1) is 13.8 Å². The van der Waals surface area contributed by atoms with Crippen LogP contribution in [0.4, 0.5) is 4.79 Å². The first kappa shape index (κ1) is 18.2. The van der Waals surface area contributed by atoms with Crippen LogP contribution in [0.25, 0.3) is 0 Å². The highest BCUT2D eigenvalue weighted by Gasteiger charge is 2.31. The van der Waals surface area contributed by atoms with Gasteiger partial charge in [-0.2, -0.15) is 0 Å². The Morgan fingerprint density at radius 2 is 1.96 bits per heavy atom. The molecule has 1 aliphatic heterocycles. The minimum atomic E-state index is -0.288. The van der Waals surface area contributed by atoms with Gasteiger partial charge in [-0.3, -0.25) is 0 Å². The molecule has 138 valence electrons. The first-order chi connectivity index (χ1) is 12.5. The molecule has 3 rings (SSSR count). The number of aryl methyl sites for hydroxylation is 1. The van der Waals surface area contributed by atoms with E-state index in [4.69, 9.17) is 9.47 Å². The molecule has 2 unspecified atom stereocenters. The number of amides is 1. The van der Waals surface area contributed by atoms with Crippen molar-refractivity contribution in [3.8, 4) is 5.88 Å². The standard InChI is InChI=1S/C21H26N2O3/c1-15-11-12-22-20(17(15)3)26-19-10-9-16(2)23(13-19)21(24)25-14-18-7-5-4-6-8-18/h4-8,11-12,16,19H,9-10,13-14H2,1-3H3. The maximum absolute atomic E-state index is 12.5. The van der Waals surface area contributed by atoms with Gasteiger partial charge in [-0.15, -0.1) is 0 Å². The molecule has 1 aromatic carbocycles. The number of aromatic nitrogens is 1. The molecule has 1 aromatic heterocycles. The van der Waals surface area contributed by atoms with E-state index in [1.807, 2.05) is 50.2 Å². The lowest BCUT2D eigenvalue weighted by Gasteiger charge is -2.37. The van der Waals surface area contributed by atoms with Crippen LogP contribution in [-0.4, -0.2) is 34.7 Å². The third-order valence-electron chi connectivity index (χ3n) is 4.99. The van der Waals surface area contributed by atoms with E-state index in [0.29, 0.717) is 12.4 Å². The number of hydrogen-bond donors (Lipinski definition) is 0. The molecule has 0 bridgehead atoms. The summed E-state index contributed by atoms with van der Waals surface area (Å²) in [5, 5.41) is 0. The summed E-state index contributed by atoms with van der Waals surface area (Å²) in [5.74, 6) is 0.655. The van der Waals surface area contributed by atoms with Gasteiger partial charge >= 0.3 is 6.09 Å².